The fourth-order valence-electron chi connectivity index (χ4n) is 3.52. The highest BCUT2D eigenvalue weighted by atomic mass is 32.1. The van der Waals surface area contributed by atoms with Crippen LogP contribution in [0.15, 0.2) is 5.38 Å². The van der Waals surface area contributed by atoms with Gasteiger partial charge in [-0.3, -0.25) is 4.79 Å². The van der Waals surface area contributed by atoms with Crippen LogP contribution in [0, 0.1) is 11.8 Å². The van der Waals surface area contributed by atoms with Gasteiger partial charge in [0.25, 0.3) is 5.91 Å². The highest BCUT2D eigenvalue weighted by molar-refractivity contribution is 7.10. The summed E-state index contributed by atoms with van der Waals surface area (Å²) >= 11 is 1.77. The number of nitrogens with one attached hydrogen (secondary N) is 2. The summed E-state index contributed by atoms with van der Waals surface area (Å²) < 4.78 is 0. The summed E-state index contributed by atoms with van der Waals surface area (Å²) in [5.74, 6) is 1.65. The van der Waals surface area contributed by atoms with Gasteiger partial charge in [0.2, 0.25) is 0 Å². The minimum Gasteiger partial charge on any atom is -0.352 e. The van der Waals surface area contributed by atoms with Gasteiger partial charge in [-0.25, -0.2) is 0 Å². The van der Waals surface area contributed by atoms with Gasteiger partial charge in [0, 0.05) is 16.8 Å². The Balaban J connectivity index is 1.51. The molecule has 0 bridgehead atoms. The minimum absolute atomic E-state index is 0.144. The molecule has 21 heavy (non-hydrogen) atoms. The molecule has 3 nitrogen and oxygen atoms in total. The molecule has 1 saturated heterocycles. The summed E-state index contributed by atoms with van der Waals surface area (Å²) in [6.07, 6.45) is 7.12. The predicted octanol–water partition coefficient (Wildman–Crippen LogP) is 2.99. The van der Waals surface area contributed by atoms with E-state index in [1.807, 2.05) is 0 Å². The van der Waals surface area contributed by atoms with Crippen LogP contribution < -0.4 is 10.6 Å². The van der Waals surface area contributed by atoms with E-state index in [0.29, 0.717) is 0 Å². The van der Waals surface area contributed by atoms with Gasteiger partial charge < -0.3 is 10.6 Å². The van der Waals surface area contributed by atoms with Crippen LogP contribution in [0.25, 0.3) is 0 Å². The van der Waals surface area contributed by atoms with Gasteiger partial charge in [0.1, 0.15) is 0 Å². The number of rotatable bonds is 4. The molecular formula is C17H26N2OS. The lowest BCUT2D eigenvalue weighted by atomic mass is 9.88. The highest BCUT2D eigenvalue weighted by Crippen LogP contribution is 2.32. The molecule has 4 heteroatoms. The van der Waals surface area contributed by atoms with Crippen LogP contribution in [0.5, 0.6) is 0 Å². The summed E-state index contributed by atoms with van der Waals surface area (Å²) in [6.45, 7) is 5.39. The second-order valence-corrected chi connectivity index (χ2v) is 7.62. The lowest BCUT2D eigenvalue weighted by Crippen LogP contribution is -2.33. The van der Waals surface area contributed by atoms with Crippen LogP contribution in [0.1, 0.15) is 53.4 Å². The van der Waals surface area contributed by atoms with Gasteiger partial charge in [0.15, 0.2) is 0 Å². The summed E-state index contributed by atoms with van der Waals surface area (Å²) in [5, 5.41) is 8.64. The number of thiophene rings is 1. The van der Waals surface area contributed by atoms with Gasteiger partial charge >= 0.3 is 0 Å². The fraction of sp³-hybridized carbons (Fsp3) is 0.706. The van der Waals surface area contributed by atoms with Gasteiger partial charge in [-0.1, -0.05) is 6.92 Å². The minimum atomic E-state index is 0.144. The SMILES string of the molecule is CC1CCc2c(C(=O)NCCC3CCCNC3)csc2C1. The average Bonchev–Trinajstić information content (AvgIpc) is 2.91. The number of piperidine rings is 1. The van der Waals surface area contributed by atoms with Crippen molar-refractivity contribution in [3.63, 3.8) is 0 Å². The number of amides is 1. The van der Waals surface area contributed by atoms with Crippen LogP contribution in [-0.2, 0) is 12.8 Å². The first-order valence-electron chi connectivity index (χ1n) is 8.32. The molecule has 0 radical (unpaired) electrons. The zero-order valence-corrected chi connectivity index (χ0v) is 13.7. The smallest absolute Gasteiger partial charge is 0.252 e. The standard InChI is InChI=1S/C17H26N2OS/c1-12-4-5-14-15(11-21-16(14)9-12)17(20)19-8-6-13-3-2-7-18-10-13/h11-13,18H,2-10H2,1H3,(H,19,20). The molecule has 1 fully saturated rings. The van der Waals surface area contributed by atoms with Crippen molar-refractivity contribution in [1.82, 2.24) is 10.6 Å². The zero-order chi connectivity index (χ0) is 14.7. The Kier molecular flexibility index (Phi) is 4.96. The largest absolute Gasteiger partial charge is 0.352 e. The van der Waals surface area contributed by atoms with E-state index in [2.05, 4.69) is 22.9 Å². The first-order chi connectivity index (χ1) is 10.2. The van der Waals surface area contributed by atoms with Crippen LogP contribution >= 0.6 is 11.3 Å². The van der Waals surface area contributed by atoms with Crippen molar-refractivity contribution >= 4 is 17.2 Å². The van der Waals surface area contributed by atoms with Crippen LogP contribution in [0.3, 0.4) is 0 Å². The van der Waals surface area contributed by atoms with E-state index >= 15 is 0 Å². The van der Waals surface area contributed by atoms with E-state index in [-0.39, 0.29) is 5.91 Å². The molecule has 0 aromatic carbocycles. The molecular weight excluding hydrogens is 280 g/mol. The maximum Gasteiger partial charge on any atom is 0.252 e. The van der Waals surface area contributed by atoms with Gasteiger partial charge in [-0.2, -0.15) is 0 Å². The molecule has 1 amide bonds. The number of hydrogen-bond acceptors (Lipinski definition) is 3. The van der Waals surface area contributed by atoms with Crippen molar-refractivity contribution in [1.29, 1.82) is 0 Å². The Morgan fingerprint density at radius 3 is 3.19 bits per heavy atom. The molecule has 116 valence electrons. The van der Waals surface area contributed by atoms with Crippen molar-refractivity contribution in [3.8, 4) is 0 Å². The van der Waals surface area contributed by atoms with Crippen molar-refractivity contribution in [3.05, 3.63) is 21.4 Å². The quantitative estimate of drug-likeness (QED) is 0.898. The van der Waals surface area contributed by atoms with Crippen molar-refractivity contribution in [2.75, 3.05) is 19.6 Å². The number of carbonyl (C=O) groups excluding carboxylic acids is 1. The van der Waals surface area contributed by atoms with Crippen molar-refractivity contribution in [2.45, 2.75) is 45.4 Å². The van der Waals surface area contributed by atoms with E-state index < -0.39 is 0 Å². The topological polar surface area (TPSA) is 41.1 Å². The Morgan fingerprint density at radius 2 is 2.38 bits per heavy atom. The molecule has 2 unspecified atom stereocenters. The molecule has 1 aromatic heterocycles. The first kappa shape index (κ1) is 15.0. The molecule has 0 spiro atoms. The van der Waals surface area contributed by atoms with E-state index in [4.69, 9.17) is 0 Å². The van der Waals surface area contributed by atoms with Crippen molar-refractivity contribution < 1.29 is 4.79 Å². The predicted molar refractivity (Wildman–Crippen MR) is 88.1 cm³/mol. The second-order valence-electron chi connectivity index (χ2n) is 6.66. The van der Waals surface area contributed by atoms with Crippen LogP contribution in [0.4, 0.5) is 0 Å². The molecule has 0 saturated carbocycles. The van der Waals surface area contributed by atoms with E-state index in [1.54, 1.807) is 11.3 Å². The molecule has 1 aromatic rings. The normalized spacial score (nSPS) is 25.4. The van der Waals surface area contributed by atoms with E-state index in [9.17, 15) is 4.79 Å². The zero-order valence-electron chi connectivity index (χ0n) is 12.9. The summed E-state index contributed by atoms with van der Waals surface area (Å²) in [5.41, 5.74) is 2.28. The third-order valence-electron chi connectivity index (χ3n) is 4.88. The molecule has 2 atom stereocenters. The van der Waals surface area contributed by atoms with Crippen LogP contribution in [0.2, 0.25) is 0 Å². The van der Waals surface area contributed by atoms with Gasteiger partial charge in [-0.05, 0) is 69.0 Å². The molecule has 1 aliphatic carbocycles. The third kappa shape index (κ3) is 3.67. The number of carbonyl (C=O) groups is 1. The van der Waals surface area contributed by atoms with Crippen molar-refractivity contribution in [2.24, 2.45) is 11.8 Å². The Bertz CT molecular complexity index is 491. The second kappa shape index (κ2) is 6.93. The Labute approximate surface area is 131 Å². The average molecular weight is 306 g/mol. The van der Waals surface area contributed by atoms with E-state index in [0.717, 1.165) is 56.3 Å². The summed E-state index contributed by atoms with van der Waals surface area (Å²) in [7, 11) is 0. The molecule has 1 aliphatic heterocycles. The Morgan fingerprint density at radius 1 is 1.48 bits per heavy atom. The maximum absolute atomic E-state index is 12.4. The lowest BCUT2D eigenvalue weighted by Gasteiger charge is -2.22. The molecule has 3 rings (SSSR count). The van der Waals surface area contributed by atoms with E-state index in [1.165, 1.54) is 29.7 Å². The monoisotopic (exact) mass is 306 g/mol. The Hall–Kier alpha value is -0.870. The van der Waals surface area contributed by atoms with Gasteiger partial charge in [0.05, 0.1) is 5.56 Å². The third-order valence-corrected chi connectivity index (χ3v) is 5.93. The van der Waals surface area contributed by atoms with Crippen LogP contribution in [-0.4, -0.2) is 25.5 Å². The summed E-state index contributed by atoms with van der Waals surface area (Å²) in [4.78, 5) is 13.8. The molecule has 2 aliphatic rings. The first-order valence-corrected chi connectivity index (χ1v) is 9.20. The number of fused-ring (bicyclic) bond motifs is 1. The maximum atomic E-state index is 12.4. The highest BCUT2D eigenvalue weighted by Gasteiger charge is 2.23. The fourth-order valence-corrected chi connectivity index (χ4v) is 4.77. The summed E-state index contributed by atoms with van der Waals surface area (Å²) in [6, 6.07) is 0. The molecule has 2 heterocycles. The van der Waals surface area contributed by atoms with Gasteiger partial charge in [-0.15, -0.1) is 11.3 Å². The lowest BCUT2D eigenvalue weighted by molar-refractivity contribution is 0.0950. The number of hydrogen-bond donors (Lipinski definition) is 2. The molecule has 2 N–H and O–H groups in total.